The van der Waals surface area contributed by atoms with Gasteiger partial charge in [-0.05, 0) is 47.7 Å². The lowest BCUT2D eigenvalue weighted by atomic mass is 10.1. The van der Waals surface area contributed by atoms with E-state index in [1.54, 1.807) is 0 Å². The molecule has 1 aromatic heterocycles. The van der Waals surface area contributed by atoms with Crippen LogP contribution in [0.3, 0.4) is 0 Å². The molecule has 0 saturated carbocycles. The maximum absolute atomic E-state index is 4.56. The molecule has 4 heteroatoms. The van der Waals surface area contributed by atoms with E-state index >= 15 is 0 Å². The summed E-state index contributed by atoms with van der Waals surface area (Å²) in [5, 5.41) is 8.06. The van der Waals surface area contributed by atoms with E-state index in [9.17, 15) is 0 Å². The van der Waals surface area contributed by atoms with Crippen molar-refractivity contribution in [3.05, 3.63) is 18.0 Å². The Bertz CT molecular complexity index is 349. The van der Waals surface area contributed by atoms with Gasteiger partial charge in [0.15, 0.2) is 0 Å². The molecule has 0 aromatic carbocycles. The molecule has 0 amide bonds. The zero-order valence-corrected chi connectivity index (χ0v) is 12.7. The first kappa shape index (κ1) is 15.2. The Morgan fingerprint density at radius 2 is 2.06 bits per heavy atom. The van der Waals surface area contributed by atoms with Gasteiger partial charge in [0.25, 0.3) is 0 Å². The fourth-order valence-corrected chi connectivity index (χ4v) is 1.73. The second-order valence-corrected chi connectivity index (χ2v) is 6.30. The average molecular weight is 252 g/mol. The topological polar surface area (TPSA) is 33.1 Å². The Hall–Kier alpha value is -0.870. The van der Waals surface area contributed by atoms with Crippen LogP contribution in [0.25, 0.3) is 0 Å². The first-order valence-electron chi connectivity index (χ1n) is 6.75. The molecule has 0 saturated heterocycles. The lowest BCUT2D eigenvalue weighted by Gasteiger charge is -2.23. The van der Waals surface area contributed by atoms with Gasteiger partial charge in [0.05, 0.1) is 5.69 Å². The van der Waals surface area contributed by atoms with Crippen molar-refractivity contribution >= 4 is 0 Å². The minimum atomic E-state index is 0.195. The van der Waals surface area contributed by atoms with Gasteiger partial charge >= 0.3 is 0 Å². The van der Waals surface area contributed by atoms with Crippen LogP contribution in [-0.4, -0.2) is 40.4 Å². The largest absolute Gasteiger partial charge is 0.311 e. The molecule has 4 nitrogen and oxygen atoms in total. The second-order valence-electron chi connectivity index (χ2n) is 6.30. The first-order valence-corrected chi connectivity index (χ1v) is 6.75. The summed E-state index contributed by atoms with van der Waals surface area (Å²) in [6.45, 7) is 13.8. The summed E-state index contributed by atoms with van der Waals surface area (Å²) in [7, 11) is 2.14. The van der Waals surface area contributed by atoms with Gasteiger partial charge in [0, 0.05) is 37.4 Å². The standard InChI is InChI=1S/C14H28N4/c1-12(2)18-9-7-13(16-18)11-17(6)10-8-15-14(3,4)5/h7,9,12,15H,8,10-11H2,1-6H3. The highest BCUT2D eigenvalue weighted by Crippen LogP contribution is 2.06. The van der Waals surface area contributed by atoms with Gasteiger partial charge in [-0.15, -0.1) is 0 Å². The highest BCUT2D eigenvalue weighted by Gasteiger charge is 2.09. The minimum absolute atomic E-state index is 0.195. The van der Waals surface area contributed by atoms with Crippen molar-refractivity contribution in [1.29, 1.82) is 0 Å². The molecule has 0 atom stereocenters. The van der Waals surface area contributed by atoms with Gasteiger partial charge < -0.3 is 5.32 Å². The minimum Gasteiger partial charge on any atom is -0.311 e. The maximum atomic E-state index is 4.56. The molecule has 18 heavy (non-hydrogen) atoms. The maximum Gasteiger partial charge on any atom is 0.0764 e. The van der Waals surface area contributed by atoms with Crippen molar-refractivity contribution in [1.82, 2.24) is 20.0 Å². The fourth-order valence-electron chi connectivity index (χ4n) is 1.73. The van der Waals surface area contributed by atoms with Crippen molar-refractivity contribution < 1.29 is 0 Å². The molecule has 0 bridgehead atoms. The summed E-state index contributed by atoms with van der Waals surface area (Å²) in [5.41, 5.74) is 1.34. The monoisotopic (exact) mass is 252 g/mol. The highest BCUT2D eigenvalue weighted by molar-refractivity contribution is 4.99. The Morgan fingerprint density at radius 1 is 1.39 bits per heavy atom. The van der Waals surface area contributed by atoms with Crippen molar-refractivity contribution in [2.75, 3.05) is 20.1 Å². The van der Waals surface area contributed by atoms with Crippen LogP contribution >= 0.6 is 0 Å². The molecule has 1 N–H and O–H groups in total. The van der Waals surface area contributed by atoms with E-state index < -0.39 is 0 Å². The number of rotatable bonds is 6. The zero-order valence-electron chi connectivity index (χ0n) is 12.7. The van der Waals surface area contributed by atoms with Crippen LogP contribution in [0.4, 0.5) is 0 Å². The predicted octanol–water partition coefficient (Wildman–Crippen LogP) is 2.28. The van der Waals surface area contributed by atoms with Crippen molar-refractivity contribution in [2.24, 2.45) is 0 Å². The van der Waals surface area contributed by atoms with Crippen LogP contribution < -0.4 is 5.32 Å². The van der Waals surface area contributed by atoms with Gasteiger partial charge in [-0.3, -0.25) is 9.58 Å². The summed E-state index contributed by atoms with van der Waals surface area (Å²) in [6.07, 6.45) is 2.06. The Labute approximate surface area is 111 Å². The van der Waals surface area contributed by atoms with E-state index in [1.807, 2.05) is 4.68 Å². The summed E-state index contributed by atoms with van der Waals surface area (Å²) >= 11 is 0. The number of hydrogen-bond acceptors (Lipinski definition) is 3. The highest BCUT2D eigenvalue weighted by atomic mass is 15.3. The van der Waals surface area contributed by atoms with Gasteiger partial charge in [-0.2, -0.15) is 5.10 Å². The number of nitrogens with one attached hydrogen (secondary N) is 1. The molecule has 104 valence electrons. The van der Waals surface area contributed by atoms with Gasteiger partial charge in [0.1, 0.15) is 0 Å². The molecular weight excluding hydrogens is 224 g/mol. The zero-order chi connectivity index (χ0) is 13.8. The molecule has 0 aliphatic carbocycles. The molecular formula is C14H28N4. The number of aromatic nitrogens is 2. The van der Waals surface area contributed by atoms with Crippen LogP contribution in [0.5, 0.6) is 0 Å². The summed E-state index contributed by atoms with van der Waals surface area (Å²) in [5.74, 6) is 0. The molecule has 0 aliphatic heterocycles. The summed E-state index contributed by atoms with van der Waals surface area (Å²) in [6, 6.07) is 2.54. The molecule has 1 aromatic rings. The number of hydrogen-bond donors (Lipinski definition) is 1. The van der Waals surface area contributed by atoms with Gasteiger partial charge in [-0.25, -0.2) is 0 Å². The molecule has 1 heterocycles. The van der Waals surface area contributed by atoms with E-state index in [1.165, 1.54) is 0 Å². The van der Waals surface area contributed by atoms with Crippen LogP contribution in [0, 0.1) is 0 Å². The van der Waals surface area contributed by atoms with E-state index in [2.05, 4.69) is 69.2 Å². The van der Waals surface area contributed by atoms with Crippen molar-refractivity contribution in [2.45, 2.75) is 52.7 Å². The van der Waals surface area contributed by atoms with Crippen LogP contribution in [0.1, 0.15) is 46.4 Å². The smallest absolute Gasteiger partial charge is 0.0764 e. The Kier molecular flexibility index (Phi) is 5.35. The Morgan fingerprint density at radius 3 is 2.56 bits per heavy atom. The number of nitrogens with zero attached hydrogens (tertiary/aromatic N) is 3. The average Bonchev–Trinajstić information content (AvgIpc) is 2.64. The third kappa shape index (κ3) is 5.65. The van der Waals surface area contributed by atoms with E-state index in [0.29, 0.717) is 6.04 Å². The Balaban J connectivity index is 2.33. The molecule has 1 rings (SSSR count). The van der Waals surface area contributed by atoms with E-state index in [0.717, 1.165) is 25.3 Å². The van der Waals surface area contributed by atoms with Gasteiger partial charge in [-0.1, -0.05) is 0 Å². The lowest BCUT2D eigenvalue weighted by molar-refractivity contribution is 0.299. The van der Waals surface area contributed by atoms with Crippen molar-refractivity contribution in [3.8, 4) is 0 Å². The van der Waals surface area contributed by atoms with Crippen molar-refractivity contribution in [3.63, 3.8) is 0 Å². The predicted molar refractivity (Wildman–Crippen MR) is 76.7 cm³/mol. The molecule has 0 radical (unpaired) electrons. The van der Waals surface area contributed by atoms with E-state index in [4.69, 9.17) is 0 Å². The molecule has 0 unspecified atom stereocenters. The van der Waals surface area contributed by atoms with Crippen LogP contribution in [0.15, 0.2) is 12.3 Å². The third-order valence-electron chi connectivity index (χ3n) is 2.77. The lowest BCUT2D eigenvalue weighted by Crippen LogP contribution is -2.40. The van der Waals surface area contributed by atoms with Gasteiger partial charge in [0.2, 0.25) is 0 Å². The number of likely N-dealkylation sites (N-methyl/N-ethyl adjacent to an activating group) is 1. The summed E-state index contributed by atoms with van der Waals surface area (Å²) in [4.78, 5) is 2.30. The molecule has 0 aliphatic rings. The quantitative estimate of drug-likeness (QED) is 0.843. The van der Waals surface area contributed by atoms with Crippen LogP contribution in [0.2, 0.25) is 0 Å². The van der Waals surface area contributed by atoms with E-state index in [-0.39, 0.29) is 5.54 Å². The summed E-state index contributed by atoms with van der Waals surface area (Å²) < 4.78 is 2.01. The second kappa shape index (κ2) is 6.34. The molecule has 0 fully saturated rings. The normalized spacial score (nSPS) is 12.7. The third-order valence-corrected chi connectivity index (χ3v) is 2.77. The SMILES string of the molecule is CC(C)n1ccc(CN(C)CCNC(C)(C)C)n1. The first-order chi connectivity index (χ1) is 8.28. The fraction of sp³-hybridized carbons (Fsp3) is 0.786. The van der Waals surface area contributed by atoms with Crippen LogP contribution in [-0.2, 0) is 6.54 Å². The molecule has 0 spiro atoms.